The topological polar surface area (TPSA) is 79.8 Å². The number of methoxy groups -OCH3 is 1. The fraction of sp³-hybridized carbons (Fsp3) is 0.900. The van der Waals surface area contributed by atoms with E-state index in [1.54, 1.807) is 14.2 Å². The van der Waals surface area contributed by atoms with Crippen molar-refractivity contribution in [3.05, 3.63) is 0 Å². The summed E-state index contributed by atoms with van der Waals surface area (Å²) in [6, 6.07) is 0. The highest BCUT2D eigenvalue weighted by Gasteiger charge is 2.16. The van der Waals surface area contributed by atoms with Crippen molar-refractivity contribution in [3.63, 3.8) is 0 Å². The van der Waals surface area contributed by atoms with E-state index >= 15 is 0 Å². The summed E-state index contributed by atoms with van der Waals surface area (Å²) >= 11 is 0. The largest absolute Gasteiger partial charge is 0.377 e. The SMILES string of the molecule is CN=C(NCCS(C)(=O)=O)NCC(C)(C)OC.I. The van der Waals surface area contributed by atoms with E-state index in [1.165, 1.54) is 6.26 Å². The average Bonchev–Trinajstić information content (AvgIpc) is 2.21. The van der Waals surface area contributed by atoms with Crippen LogP contribution >= 0.6 is 24.0 Å². The van der Waals surface area contributed by atoms with E-state index < -0.39 is 9.84 Å². The lowest BCUT2D eigenvalue weighted by molar-refractivity contribution is 0.0268. The highest BCUT2D eigenvalue weighted by molar-refractivity contribution is 14.0. The summed E-state index contributed by atoms with van der Waals surface area (Å²) in [6.07, 6.45) is 1.21. The fourth-order valence-electron chi connectivity index (χ4n) is 0.944. The number of hydrogen-bond acceptors (Lipinski definition) is 4. The Morgan fingerprint density at radius 2 is 1.89 bits per heavy atom. The molecule has 110 valence electrons. The maximum atomic E-state index is 10.9. The predicted octanol–water partition coefficient (Wildman–Crippen LogP) is 0.239. The van der Waals surface area contributed by atoms with E-state index in [2.05, 4.69) is 15.6 Å². The molecule has 0 atom stereocenters. The normalized spacial score (nSPS) is 12.8. The molecule has 0 amide bonds. The first-order valence-electron chi connectivity index (χ1n) is 5.37. The molecule has 2 N–H and O–H groups in total. The van der Waals surface area contributed by atoms with Gasteiger partial charge in [-0.2, -0.15) is 0 Å². The maximum absolute atomic E-state index is 10.9. The van der Waals surface area contributed by atoms with Crippen LogP contribution in [0.5, 0.6) is 0 Å². The molecule has 0 aromatic rings. The molecule has 0 radical (unpaired) electrons. The first kappa shape index (κ1) is 20.2. The van der Waals surface area contributed by atoms with Crippen LogP contribution in [-0.2, 0) is 14.6 Å². The van der Waals surface area contributed by atoms with Crippen LogP contribution in [0.1, 0.15) is 13.8 Å². The first-order valence-corrected chi connectivity index (χ1v) is 7.43. The monoisotopic (exact) mass is 393 g/mol. The van der Waals surface area contributed by atoms with Crippen molar-refractivity contribution in [1.29, 1.82) is 0 Å². The highest BCUT2D eigenvalue weighted by Crippen LogP contribution is 2.04. The van der Waals surface area contributed by atoms with Crippen LogP contribution < -0.4 is 10.6 Å². The van der Waals surface area contributed by atoms with Gasteiger partial charge < -0.3 is 15.4 Å². The molecular weight excluding hydrogens is 369 g/mol. The molecule has 8 heteroatoms. The zero-order chi connectivity index (χ0) is 13.5. The summed E-state index contributed by atoms with van der Waals surface area (Å²) in [6.45, 7) is 4.82. The van der Waals surface area contributed by atoms with E-state index in [1.807, 2.05) is 13.8 Å². The Kier molecular flexibility index (Phi) is 10.0. The third kappa shape index (κ3) is 11.0. The Balaban J connectivity index is 0. The molecule has 0 bridgehead atoms. The summed E-state index contributed by atoms with van der Waals surface area (Å²) in [5, 5.41) is 5.99. The first-order chi connectivity index (χ1) is 7.70. The molecular formula is C10H24IN3O3S. The van der Waals surface area contributed by atoms with Gasteiger partial charge in [0.1, 0.15) is 9.84 Å². The smallest absolute Gasteiger partial charge is 0.191 e. The van der Waals surface area contributed by atoms with E-state index in [0.29, 0.717) is 19.0 Å². The Morgan fingerprint density at radius 1 is 1.33 bits per heavy atom. The van der Waals surface area contributed by atoms with Crippen LogP contribution in [-0.4, -0.2) is 59.2 Å². The van der Waals surface area contributed by atoms with Crippen molar-refractivity contribution in [2.24, 2.45) is 4.99 Å². The van der Waals surface area contributed by atoms with Crippen LogP contribution in [0, 0.1) is 0 Å². The Labute approximate surface area is 127 Å². The molecule has 0 aliphatic rings. The van der Waals surface area contributed by atoms with E-state index in [-0.39, 0.29) is 35.3 Å². The molecule has 0 rings (SSSR count). The van der Waals surface area contributed by atoms with Crippen LogP contribution in [0.3, 0.4) is 0 Å². The van der Waals surface area contributed by atoms with Gasteiger partial charge in [0, 0.05) is 33.5 Å². The Morgan fingerprint density at radius 3 is 2.28 bits per heavy atom. The number of ether oxygens (including phenoxy) is 1. The molecule has 18 heavy (non-hydrogen) atoms. The second kappa shape index (κ2) is 8.92. The number of guanidine groups is 1. The van der Waals surface area contributed by atoms with Crippen LogP contribution in [0.4, 0.5) is 0 Å². The van der Waals surface area contributed by atoms with Crippen LogP contribution in [0.2, 0.25) is 0 Å². The lowest BCUT2D eigenvalue weighted by atomic mass is 10.1. The summed E-state index contributed by atoms with van der Waals surface area (Å²) in [7, 11) is 0.329. The number of nitrogens with zero attached hydrogens (tertiary/aromatic N) is 1. The third-order valence-electron chi connectivity index (χ3n) is 2.22. The summed E-state index contributed by atoms with van der Waals surface area (Å²) < 4.78 is 27.1. The van der Waals surface area contributed by atoms with Gasteiger partial charge in [0.15, 0.2) is 5.96 Å². The minimum Gasteiger partial charge on any atom is -0.377 e. The fourth-order valence-corrected chi connectivity index (χ4v) is 1.42. The molecule has 0 saturated heterocycles. The van der Waals surface area contributed by atoms with Crippen molar-refractivity contribution in [3.8, 4) is 0 Å². The molecule has 0 fully saturated rings. The van der Waals surface area contributed by atoms with Crippen molar-refractivity contribution < 1.29 is 13.2 Å². The average molecular weight is 393 g/mol. The summed E-state index contributed by atoms with van der Waals surface area (Å²) in [5.74, 6) is 0.653. The van der Waals surface area contributed by atoms with Gasteiger partial charge in [-0.1, -0.05) is 0 Å². The molecule has 0 unspecified atom stereocenters. The van der Waals surface area contributed by atoms with Crippen LogP contribution in [0.25, 0.3) is 0 Å². The number of rotatable bonds is 6. The molecule has 0 spiro atoms. The number of hydrogen-bond donors (Lipinski definition) is 2. The van der Waals surface area contributed by atoms with Crippen molar-refractivity contribution in [1.82, 2.24) is 10.6 Å². The van der Waals surface area contributed by atoms with Gasteiger partial charge in [-0.25, -0.2) is 8.42 Å². The molecule has 0 aliphatic heterocycles. The Hall–Kier alpha value is -0.0900. The van der Waals surface area contributed by atoms with E-state index in [4.69, 9.17) is 4.74 Å². The molecule has 0 aromatic carbocycles. The number of nitrogens with one attached hydrogen (secondary N) is 2. The lowest BCUT2D eigenvalue weighted by Gasteiger charge is -2.24. The predicted molar refractivity (Wildman–Crippen MR) is 85.6 cm³/mol. The standard InChI is InChI=1S/C10H23N3O3S.HI/c1-10(2,16-4)8-13-9(11-3)12-6-7-17(5,14)15;/h6-8H2,1-5H3,(H2,11,12,13);1H. The van der Waals surface area contributed by atoms with Crippen molar-refractivity contribution in [2.45, 2.75) is 19.4 Å². The number of halogens is 1. The quantitative estimate of drug-likeness (QED) is 0.384. The second-order valence-electron chi connectivity index (χ2n) is 4.45. The zero-order valence-electron chi connectivity index (χ0n) is 11.6. The van der Waals surface area contributed by atoms with Crippen LogP contribution in [0.15, 0.2) is 4.99 Å². The molecule has 0 aliphatic carbocycles. The van der Waals surface area contributed by atoms with Gasteiger partial charge in [0.05, 0.1) is 11.4 Å². The maximum Gasteiger partial charge on any atom is 0.191 e. The third-order valence-corrected chi connectivity index (χ3v) is 3.17. The summed E-state index contributed by atoms with van der Waals surface area (Å²) in [5.41, 5.74) is -0.297. The van der Waals surface area contributed by atoms with Gasteiger partial charge in [-0.3, -0.25) is 4.99 Å². The second-order valence-corrected chi connectivity index (χ2v) is 6.71. The molecule has 0 heterocycles. The number of aliphatic imine (C=N–C) groups is 1. The van der Waals surface area contributed by atoms with E-state index in [0.717, 1.165) is 0 Å². The molecule has 0 saturated carbocycles. The minimum atomic E-state index is -2.95. The van der Waals surface area contributed by atoms with Gasteiger partial charge in [-0.15, -0.1) is 24.0 Å². The van der Waals surface area contributed by atoms with Gasteiger partial charge in [0.2, 0.25) is 0 Å². The highest BCUT2D eigenvalue weighted by atomic mass is 127. The van der Waals surface area contributed by atoms with Gasteiger partial charge in [-0.05, 0) is 13.8 Å². The lowest BCUT2D eigenvalue weighted by Crippen LogP contribution is -2.46. The van der Waals surface area contributed by atoms with Crippen molar-refractivity contribution >= 4 is 39.8 Å². The number of sulfone groups is 1. The molecule has 6 nitrogen and oxygen atoms in total. The zero-order valence-corrected chi connectivity index (χ0v) is 14.8. The Bertz CT molecular complexity index is 355. The molecule has 0 aromatic heterocycles. The van der Waals surface area contributed by atoms with Gasteiger partial charge >= 0.3 is 0 Å². The summed E-state index contributed by atoms with van der Waals surface area (Å²) in [4.78, 5) is 3.99. The van der Waals surface area contributed by atoms with E-state index in [9.17, 15) is 8.42 Å². The van der Waals surface area contributed by atoms with Crippen molar-refractivity contribution in [2.75, 3.05) is 39.3 Å². The van der Waals surface area contributed by atoms with Gasteiger partial charge in [0.25, 0.3) is 0 Å². The minimum absolute atomic E-state index is 0.